The molecule has 7 nitrogen and oxygen atoms in total. The lowest BCUT2D eigenvalue weighted by Crippen LogP contribution is -2.20. The maximum Gasteiger partial charge on any atom is 0.310 e. The number of halogens is 1. The molecule has 0 aliphatic heterocycles. The Morgan fingerprint density at radius 3 is 2.38 bits per heavy atom. The van der Waals surface area contributed by atoms with Crippen LogP contribution in [0.4, 0.5) is 4.39 Å². The number of rotatable bonds is 7. The summed E-state index contributed by atoms with van der Waals surface area (Å²) in [5, 5.41) is 5.81. The Labute approximate surface area is 212 Å². The minimum atomic E-state index is -0.464. The summed E-state index contributed by atoms with van der Waals surface area (Å²) in [5.41, 5.74) is 3.93. The maximum atomic E-state index is 13.6. The number of carbonyl (C=O) groups is 3. The van der Waals surface area contributed by atoms with Crippen molar-refractivity contribution in [2.75, 3.05) is 14.2 Å². The number of furan rings is 1. The Balaban J connectivity index is 1.97. The molecule has 0 saturated heterocycles. The molecule has 1 aromatic heterocycles. The lowest BCUT2D eigenvalue weighted by molar-refractivity contribution is -0.139. The average molecular weight is 501 g/mol. The smallest absolute Gasteiger partial charge is 0.310 e. The van der Waals surface area contributed by atoms with E-state index in [-0.39, 0.29) is 29.6 Å². The molecular formula is C29H25FN2O5. The van der Waals surface area contributed by atoms with Gasteiger partial charge in [0.25, 0.3) is 11.8 Å². The molecule has 3 aromatic carbocycles. The molecule has 0 radical (unpaired) electrons. The van der Waals surface area contributed by atoms with Crippen LogP contribution in [0.2, 0.25) is 0 Å². The monoisotopic (exact) mass is 500 g/mol. The van der Waals surface area contributed by atoms with E-state index in [0.717, 1.165) is 0 Å². The van der Waals surface area contributed by atoms with E-state index in [4.69, 9.17) is 9.15 Å². The fourth-order valence-corrected chi connectivity index (χ4v) is 4.08. The van der Waals surface area contributed by atoms with Crippen LogP contribution in [0, 0.1) is 5.82 Å². The average Bonchev–Trinajstić information content (AvgIpc) is 3.26. The van der Waals surface area contributed by atoms with Gasteiger partial charge in [-0.1, -0.05) is 18.7 Å². The van der Waals surface area contributed by atoms with Crippen LogP contribution in [0.3, 0.4) is 0 Å². The summed E-state index contributed by atoms with van der Waals surface area (Å²) in [6, 6.07) is 16.0. The molecule has 0 aliphatic carbocycles. The quantitative estimate of drug-likeness (QED) is 0.338. The number of hydrogen-bond donors (Lipinski definition) is 2. The highest BCUT2D eigenvalue weighted by Crippen LogP contribution is 2.38. The fraction of sp³-hybridized carbons (Fsp3) is 0.138. The predicted molar refractivity (Wildman–Crippen MR) is 138 cm³/mol. The standard InChI is InChI=1S/C29H25FN2O5/c1-16(2)32-28(34)19-7-5-6-18(12-19)22-15-23-24(13-20(22)14-25(33)36-4)37-27(26(23)29(35)31-3)17-8-10-21(30)11-9-17/h5-13,15H,1,14H2,2-4H3,(H,31,35)(H,32,34). The van der Waals surface area contributed by atoms with Crippen LogP contribution in [0.25, 0.3) is 33.4 Å². The zero-order chi connectivity index (χ0) is 26.7. The Bertz CT molecular complexity index is 1540. The third-order valence-electron chi connectivity index (χ3n) is 5.80. The van der Waals surface area contributed by atoms with Crippen molar-refractivity contribution in [2.45, 2.75) is 13.3 Å². The van der Waals surface area contributed by atoms with Crippen LogP contribution in [-0.2, 0) is 16.0 Å². The van der Waals surface area contributed by atoms with E-state index >= 15 is 0 Å². The zero-order valence-electron chi connectivity index (χ0n) is 20.6. The van der Waals surface area contributed by atoms with Gasteiger partial charge in [-0.2, -0.15) is 0 Å². The first-order valence-electron chi connectivity index (χ1n) is 11.4. The summed E-state index contributed by atoms with van der Waals surface area (Å²) >= 11 is 0. The van der Waals surface area contributed by atoms with Crippen LogP contribution in [0.5, 0.6) is 0 Å². The maximum absolute atomic E-state index is 13.6. The molecule has 0 bridgehead atoms. The summed E-state index contributed by atoms with van der Waals surface area (Å²) < 4.78 is 24.5. The van der Waals surface area contributed by atoms with E-state index in [2.05, 4.69) is 17.2 Å². The number of esters is 1. The number of fused-ring (bicyclic) bond motifs is 1. The van der Waals surface area contributed by atoms with Crippen molar-refractivity contribution >= 4 is 28.8 Å². The van der Waals surface area contributed by atoms with Crippen LogP contribution in [-0.4, -0.2) is 31.9 Å². The highest BCUT2D eigenvalue weighted by molar-refractivity contribution is 6.12. The van der Waals surface area contributed by atoms with E-state index in [0.29, 0.717) is 44.5 Å². The molecular weight excluding hydrogens is 475 g/mol. The Morgan fingerprint density at radius 1 is 1.00 bits per heavy atom. The van der Waals surface area contributed by atoms with E-state index in [1.165, 1.54) is 38.4 Å². The normalized spacial score (nSPS) is 10.7. The second-order valence-corrected chi connectivity index (χ2v) is 8.47. The van der Waals surface area contributed by atoms with Crippen molar-refractivity contribution < 1.29 is 27.9 Å². The SMILES string of the molecule is C=C(C)NC(=O)c1cccc(-c2cc3c(C(=O)NC)c(-c4ccc(F)cc4)oc3cc2CC(=O)OC)c1. The van der Waals surface area contributed by atoms with Gasteiger partial charge >= 0.3 is 5.97 Å². The van der Waals surface area contributed by atoms with Gasteiger partial charge in [0.1, 0.15) is 17.2 Å². The number of carbonyl (C=O) groups excluding carboxylic acids is 3. The van der Waals surface area contributed by atoms with E-state index in [9.17, 15) is 18.8 Å². The highest BCUT2D eigenvalue weighted by atomic mass is 19.1. The molecule has 0 saturated carbocycles. The molecule has 0 aliphatic rings. The summed E-state index contributed by atoms with van der Waals surface area (Å²) in [6.07, 6.45) is -0.0636. The second kappa shape index (κ2) is 10.5. The van der Waals surface area contributed by atoms with Gasteiger partial charge in [0, 0.05) is 29.3 Å². The van der Waals surface area contributed by atoms with E-state index in [1.54, 1.807) is 43.3 Å². The number of hydrogen-bond acceptors (Lipinski definition) is 5. The highest BCUT2D eigenvalue weighted by Gasteiger charge is 2.24. The minimum Gasteiger partial charge on any atom is -0.469 e. The van der Waals surface area contributed by atoms with Crippen molar-refractivity contribution in [1.82, 2.24) is 10.6 Å². The molecule has 188 valence electrons. The summed E-state index contributed by atoms with van der Waals surface area (Å²) in [6.45, 7) is 5.39. The molecule has 4 rings (SSSR count). The van der Waals surface area contributed by atoms with Crippen molar-refractivity contribution in [3.05, 3.63) is 95.4 Å². The number of allylic oxidation sites excluding steroid dienone is 1. The molecule has 0 spiro atoms. The zero-order valence-corrected chi connectivity index (χ0v) is 20.6. The Kier molecular flexibility index (Phi) is 7.20. The van der Waals surface area contributed by atoms with Crippen LogP contribution in [0.15, 0.2) is 77.4 Å². The summed E-state index contributed by atoms with van der Waals surface area (Å²) in [5.74, 6) is -1.32. The number of ether oxygens (including phenoxy) is 1. The third kappa shape index (κ3) is 5.28. The molecule has 1 heterocycles. The van der Waals surface area contributed by atoms with Gasteiger partial charge in [-0.25, -0.2) is 4.39 Å². The van der Waals surface area contributed by atoms with Crippen LogP contribution >= 0.6 is 0 Å². The summed E-state index contributed by atoms with van der Waals surface area (Å²) in [7, 11) is 2.80. The molecule has 37 heavy (non-hydrogen) atoms. The number of nitrogens with one attached hydrogen (secondary N) is 2. The molecule has 0 atom stereocenters. The molecule has 0 unspecified atom stereocenters. The number of benzene rings is 3. The predicted octanol–water partition coefficient (Wildman–Crippen LogP) is 5.24. The lowest BCUT2D eigenvalue weighted by atomic mass is 9.93. The van der Waals surface area contributed by atoms with Crippen molar-refractivity contribution in [3.63, 3.8) is 0 Å². The molecule has 0 fully saturated rings. The van der Waals surface area contributed by atoms with Crippen molar-refractivity contribution in [2.24, 2.45) is 0 Å². The minimum absolute atomic E-state index is 0.0636. The fourth-order valence-electron chi connectivity index (χ4n) is 4.08. The van der Waals surface area contributed by atoms with Gasteiger partial charge < -0.3 is 19.8 Å². The Morgan fingerprint density at radius 2 is 1.73 bits per heavy atom. The molecule has 4 aromatic rings. The topological polar surface area (TPSA) is 97.6 Å². The number of methoxy groups -OCH3 is 1. The second-order valence-electron chi connectivity index (χ2n) is 8.47. The van der Waals surface area contributed by atoms with Crippen LogP contribution < -0.4 is 10.6 Å². The number of amides is 2. The molecule has 2 N–H and O–H groups in total. The van der Waals surface area contributed by atoms with Crippen molar-refractivity contribution in [1.29, 1.82) is 0 Å². The first-order valence-corrected chi connectivity index (χ1v) is 11.4. The largest absolute Gasteiger partial charge is 0.469 e. The first kappa shape index (κ1) is 25.4. The van der Waals surface area contributed by atoms with Gasteiger partial charge in [0.15, 0.2) is 0 Å². The van der Waals surface area contributed by atoms with Gasteiger partial charge in [-0.15, -0.1) is 0 Å². The molecule has 2 amide bonds. The van der Waals surface area contributed by atoms with Crippen LogP contribution in [0.1, 0.15) is 33.2 Å². The van der Waals surface area contributed by atoms with Gasteiger partial charge in [-0.05, 0) is 72.1 Å². The van der Waals surface area contributed by atoms with E-state index < -0.39 is 11.8 Å². The first-order chi connectivity index (χ1) is 17.7. The summed E-state index contributed by atoms with van der Waals surface area (Å²) in [4.78, 5) is 37.8. The van der Waals surface area contributed by atoms with Gasteiger partial charge in [0.05, 0.1) is 19.1 Å². The third-order valence-corrected chi connectivity index (χ3v) is 5.80. The van der Waals surface area contributed by atoms with Crippen molar-refractivity contribution in [3.8, 4) is 22.5 Å². The lowest BCUT2D eigenvalue weighted by Gasteiger charge is -2.12. The van der Waals surface area contributed by atoms with Gasteiger partial charge in [0.2, 0.25) is 0 Å². The molecule has 8 heteroatoms. The van der Waals surface area contributed by atoms with Gasteiger partial charge in [-0.3, -0.25) is 14.4 Å². The Hall–Kier alpha value is -4.72. The van der Waals surface area contributed by atoms with E-state index in [1.807, 2.05) is 0 Å².